The molecule has 1 atom stereocenters. The van der Waals surface area contributed by atoms with E-state index in [2.05, 4.69) is 4.72 Å². The van der Waals surface area contributed by atoms with Crippen molar-refractivity contribution in [3.63, 3.8) is 0 Å². The van der Waals surface area contributed by atoms with Gasteiger partial charge in [0.1, 0.15) is 4.90 Å². The van der Waals surface area contributed by atoms with Gasteiger partial charge in [-0.05, 0) is 36.8 Å². The van der Waals surface area contributed by atoms with Crippen molar-refractivity contribution in [2.45, 2.75) is 11.3 Å². The summed E-state index contributed by atoms with van der Waals surface area (Å²) in [7, 11) is -3.97. The van der Waals surface area contributed by atoms with Crippen molar-refractivity contribution in [2.24, 2.45) is 5.92 Å². The lowest BCUT2D eigenvalue weighted by atomic mass is 10.1. The second-order valence-corrected chi connectivity index (χ2v) is 9.62. The normalized spacial score (nSPS) is 16.7. The molecule has 4 rings (SSSR count). The molecule has 0 saturated carbocycles. The number of sulfonamides is 1. The van der Waals surface area contributed by atoms with Crippen LogP contribution in [0, 0.1) is 5.92 Å². The Labute approximate surface area is 184 Å². The molecule has 1 saturated heterocycles. The smallest absolute Gasteiger partial charge is 0.308 e. The molecule has 0 amide bonds. The molecule has 0 unspecified atom stereocenters. The van der Waals surface area contributed by atoms with Crippen molar-refractivity contribution < 1.29 is 18.3 Å². The van der Waals surface area contributed by atoms with E-state index in [4.69, 9.17) is 23.2 Å². The highest BCUT2D eigenvalue weighted by atomic mass is 35.5. The van der Waals surface area contributed by atoms with Crippen LogP contribution in [0.15, 0.2) is 59.5 Å². The van der Waals surface area contributed by atoms with Gasteiger partial charge in [-0.15, -0.1) is 0 Å². The van der Waals surface area contributed by atoms with Gasteiger partial charge in [-0.3, -0.25) is 9.52 Å². The van der Waals surface area contributed by atoms with Gasteiger partial charge in [-0.25, -0.2) is 8.42 Å². The molecule has 0 bridgehead atoms. The number of halogens is 2. The SMILES string of the molecule is O=C(O)[C@H]1CCN(c2ccc(NS(=O)(=O)c3cc(Cl)ccc3Cl)c3ccccc23)C1. The molecule has 1 heterocycles. The van der Waals surface area contributed by atoms with E-state index in [1.807, 2.05) is 35.2 Å². The quantitative estimate of drug-likeness (QED) is 0.562. The van der Waals surface area contributed by atoms with Crippen LogP contribution in [0.3, 0.4) is 0 Å². The van der Waals surface area contributed by atoms with Gasteiger partial charge < -0.3 is 10.0 Å². The molecule has 9 heteroatoms. The second kappa shape index (κ2) is 7.98. The highest BCUT2D eigenvalue weighted by Crippen LogP contribution is 2.36. The Morgan fingerprint density at radius 2 is 1.80 bits per heavy atom. The van der Waals surface area contributed by atoms with Crippen LogP contribution >= 0.6 is 23.2 Å². The zero-order valence-electron chi connectivity index (χ0n) is 15.7. The van der Waals surface area contributed by atoms with Crippen molar-refractivity contribution in [1.82, 2.24) is 0 Å². The zero-order chi connectivity index (χ0) is 21.5. The molecule has 0 aliphatic carbocycles. The van der Waals surface area contributed by atoms with Crippen molar-refractivity contribution >= 4 is 61.3 Å². The molecule has 156 valence electrons. The zero-order valence-corrected chi connectivity index (χ0v) is 18.0. The van der Waals surface area contributed by atoms with Gasteiger partial charge in [0.15, 0.2) is 0 Å². The number of rotatable bonds is 5. The topological polar surface area (TPSA) is 86.7 Å². The van der Waals surface area contributed by atoms with Crippen LogP contribution in [-0.2, 0) is 14.8 Å². The van der Waals surface area contributed by atoms with Crippen molar-refractivity contribution in [3.05, 3.63) is 64.6 Å². The van der Waals surface area contributed by atoms with Gasteiger partial charge in [-0.2, -0.15) is 0 Å². The number of nitrogens with zero attached hydrogens (tertiary/aromatic N) is 1. The van der Waals surface area contributed by atoms with Crippen LogP contribution < -0.4 is 9.62 Å². The molecular formula is C21H18Cl2N2O4S. The minimum Gasteiger partial charge on any atom is -0.481 e. The minimum absolute atomic E-state index is 0.0737. The number of carboxylic acid groups (broad SMARTS) is 1. The molecule has 1 aliphatic heterocycles. The Morgan fingerprint density at radius 3 is 2.50 bits per heavy atom. The first-order chi connectivity index (χ1) is 14.3. The van der Waals surface area contributed by atoms with Gasteiger partial charge in [0.2, 0.25) is 0 Å². The molecule has 0 radical (unpaired) electrons. The summed E-state index contributed by atoms with van der Waals surface area (Å²) < 4.78 is 28.5. The maximum atomic E-state index is 12.9. The first kappa shape index (κ1) is 20.8. The average molecular weight is 465 g/mol. The summed E-state index contributed by atoms with van der Waals surface area (Å²) in [5.74, 6) is -1.21. The van der Waals surface area contributed by atoms with Crippen LogP contribution in [0.2, 0.25) is 10.0 Å². The van der Waals surface area contributed by atoms with Gasteiger partial charge in [0, 0.05) is 34.6 Å². The van der Waals surface area contributed by atoms with E-state index < -0.39 is 21.9 Å². The van der Waals surface area contributed by atoms with Crippen LogP contribution in [0.25, 0.3) is 10.8 Å². The first-order valence-electron chi connectivity index (χ1n) is 9.23. The van der Waals surface area contributed by atoms with E-state index in [1.165, 1.54) is 18.2 Å². The monoisotopic (exact) mass is 464 g/mol. The third kappa shape index (κ3) is 3.93. The third-order valence-electron chi connectivity index (χ3n) is 5.21. The van der Waals surface area contributed by atoms with Gasteiger partial charge in [0.25, 0.3) is 10.0 Å². The lowest BCUT2D eigenvalue weighted by molar-refractivity contribution is -0.140. The fraction of sp³-hybridized carbons (Fsp3) is 0.190. The highest BCUT2D eigenvalue weighted by Gasteiger charge is 2.29. The summed E-state index contributed by atoms with van der Waals surface area (Å²) in [4.78, 5) is 13.2. The first-order valence-corrected chi connectivity index (χ1v) is 11.5. The Hall–Kier alpha value is -2.48. The van der Waals surface area contributed by atoms with Crippen LogP contribution in [-0.4, -0.2) is 32.6 Å². The van der Waals surface area contributed by atoms with E-state index in [1.54, 1.807) is 6.07 Å². The van der Waals surface area contributed by atoms with E-state index in [0.717, 1.165) is 11.1 Å². The molecule has 30 heavy (non-hydrogen) atoms. The predicted molar refractivity (Wildman–Crippen MR) is 119 cm³/mol. The maximum Gasteiger partial charge on any atom is 0.308 e. The molecule has 0 spiro atoms. The number of carboxylic acids is 1. The molecule has 1 fully saturated rings. The van der Waals surface area contributed by atoms with E-state index in [9.17, 15) is 18.3 Å². The fourth-order valence-corrected chi connectivity index (χ4v) is 5.55. The summed E-state index contributed by atoms with van der Waals surface area (Å²) in [6, 6.07) is 15.2. The summed E-state index contributed by atoms with van der Waals surface area (Å²) in [5, 5.41) is 11.2. The highest BCUT2D eigenvalue weighted by molar-refractivity contribution is 7.92. The minimum atomic E-state index is -3.97. The Balaban J connectivity index is 1.73. The molecule has 1 aliphatic rings. The summed E-state index contributed by atoms with van der Waals surface area (Å²) in [5.41, 5.74) is 1.28. The Bertz CT molecular complexity index is 1250. The number of anilines is 2. The molecule has 2 N–H and O–H groups in total. The van der Waals surface area contributed by atoms with E-state index in [-0.39, 0.29) is 14.9 Å². The fourth-order valence-electron chi connectivity index (χ4n) is 3.71. The summed E-state index contributed by atoms with van der Waals surface area (Å²) in [6.45, 7) is 1.05. The number of fused-ring (bicyclic) bond motifs is 1. The predicted octanol–water partition coefficient (Wildman–Crippen LogP) is 4.86. The number of hydrogen-bond acceptors (Lipinski definition) is 4. The van der Waals surface area contributed by atoms with E-state index >= 15 is 0 Å². The second-order valence-electron chi connectivity index (χ2n) is 7.13. The Kier molecular flexibility index (Phi) is 5.53. The van der Waals surface area contributed by atoms with Crippen LogP contribution in [0.1, 0.15) is 6.42 Å². The number of aliphatic carboxylic acids is 1. The van der Waals surface area contributed by atoms with Crippen molar-refractivity contribution in [2.75, 3.05) is 22.7 Å². The summed E-state index contributed by atoms with van der Waals surface area (Å²) >= 11 is 12.0. The molecule has 3 aromatic carbocycles. The Morgan fingerprint density at radius 1 is 1.07 bits per heavy atom. The van der Waals surface area contributed by atoms with Gasteiger partial charge >= 0.3 is 5.97 Å². The number of carbonyl (C=O) groups is 1. The number of benzene rings is 3. The standard InChI is InChI=1S/C21H18Cl2N2O4S/c22-14-5-6-17(23)20(11-14)30(28,29)24-18-7-8-19(16-4-2-1-3-15(16)18)25-10-9-13(12-25)21(26)27/h1-8,11,13,24H,9-10,12H2,(H,26,27)/t13-/m0/s1. The lowest BCUT2D eigenvalue weighted by Gasteiger charge is -2.22. The van der Waals surface area contributed by atoms with Crippen molar-refractivity contribution in [3.8, 4) is 0 Å². The third-order valence-corrected chi connectivity index (χ3v) is 7.29. The number of nitrogens with one attached hydrogen (secondary N) is 1. The molecule has 3 aromatic rings. The molecular weight excluding hydrogens is 447 g/mol. The average Bonchev–Trinajstić information content (AvgIpc) is 3.20. The lowest BCUT2D eigenvalue weighted by Crippen LogP contribution is -2.23. The van der Waals surface area contributed by atoms with Crippen LogP contribution in [0.5, 0.6) is 0 Å². The van der Waals surface area contributed by atoms with Crippen molar-refractivity contribution in [1.29, 1.82) is 0 Å². The largest absolute Gasteiger partial charge is 0.481 e. The summed E-state index contributed by atoms with van der Waals surface area (Å²) in [6.07, 6.45) is 0.575. The number of hydrogen-bond donors (Lipinski definition) is 2. The van der Waals surface area contributed by atoms with Gasteiger partial charge in [0.05, 0.1) is 16.6 Å². The van der Waals surface area contributed by atoms with Crippen LogP contribution in [0.4, 0.5) is 11.4 Å². The van der Waals surface area contributed by atoms with Gasteiger partial charge in [-0.1, -0.05) is 47.5 Å². The molecule has 0 aromatic heterocycles. The van der Waals surface area contributed by atoms with E-state index in [0.29, 0.717) is 30.6 Å². The maximum absolute atomic E-state index is 12.9. The molecule has 6 nitrogen and oxygen atoms in total.